The zero-order valence-electron chi connectivity index (χ0n) is 11.4. The number of piperazine rings is 1. The normalized spacial score (nSPS) is 19.6. The van der Waals surface area contributed by atoms with Crippen molar-refractivity contribution in [1.29, 1.82) is 0 Å². The lowest BCUT2D eigenvalue weighted by molar-refractivity contribution is -0.146. The van der Waals surface area contributed by atoms with Gasteiger partial charge in [0.1, 0.15) is 6.04 Å². The Morgan fingerprint density at radius 1 is 1.29 bits per heavy atom. The van der Waals surface area contributed by atoms with Crippen LogP contribution in [-0.4, -0.2) is 29.3 Å². The Morgan fingerprint density at radius 3 is 2.57 bits per heavy atom. The molecule has 1 aliphatic rings. The van der Waals surface area contributed by atoms with E-state index in [0.717, 1.165) is 11.0 Å². The first kappa shape index (κ1) is 15.3. The largest absolute Gasteiger partial charge is 0.416 e. The molecule has 0 spiro atoms. The van der Waals surface area contributed by atoms with Crippen molar-refractivity contribution in [3.8, 4) is 0 Å². The molecule has 0 bridgehead atoms. The minimum absolute atomic E-state index is 0.0112. The summed E-state index contributed by atoms with van der Waals surface area (Å²) < 4.78 is 38.8. The molecule has 1 unspecified atom stereocenters. The number of benzene rings is 1. The second-order valence-corrected chi connectivity index (χ2v) is 4.88. The third-order valence-corrected chi connectivity index (χ3v) is 3.37. The van der Waals surface area contributed by atoms with Crippen LogP contribution in [0.5, 0.6) is 0 Å². The molecule has 0 aromatic heterocycles. The standard InChI is InChI=1S/C14H15F3N2O2/c1-2-11-13(21)19(8-12(20)18-11)7-9-5-3-4-6-10(9)14(15,16)17/h3-6,11H,2,7-8H2,1H3,(H,18,20). The van der Waals surface area contributed by atoms with E-state index < -0.39 is 17.8 Å². The fourth-order valence-corrected chi connectivity index (χ4v) is 2.32. The first-order valence-corrected chi connectivity index (χ1v) is 6.56. The number of carbonyl (C=O) groups is 2. The molecule has 7 heteroatoms. The van der Waals surface area contributed by atoms with Crippen LogP contribution in [0.15, 0.2) is 24.3 Å². The van der Waals surface area contributed by atoms with Crippen molar-refractivity contribution in [2.75, 3.05) is 6.54 Å². The topological polar surface area (TPSA) is 49.4 Å². The van der Waals surface area contributed by atoms with Gasteiger partial charge in [-0.3, -0.25) is 9.59 Å². The molecule has 0 saturated carbocycles. The van der Waals surface area contributed by atoms with Crippen molar-refractivity contribution in [3.63, 3.8) is 0 Å². The number of hydrogen-bond acceptors (Lipinski definition) is 2. The quantitative estimate of drug-likeness (QED) is 0.927. The molecular weight excluding hydrogens is 285 g/mol. The van der Waals surface area contributed by atoms with Crippen molar-refractivity contribution in [1.82, 2.24) is 10.2 Å². The van der Waals surface area contributed by atoms with Crippen LogP contribution in [0.2, 0.25) is 0 Å². The number of amides is 2. The molecule has 1 N–H and O–H groups in total. The molecule has 1 fully saturated rings. The van der Waals surface area contributed by atoms with Crippen LogP contribution >= 0.6 is 0 Å². The van der Waals surface area contributed by atoms with Gasteiger partial charge in [-0.25, -0.2) is 0 Å². The van der Waals surface area contributed by atoms with Gasteiger partial charge in [0.2, 0.25) is 11.8 Å². The van der Waals surface area contributed by atoms with Gasteiger partial charge in [-0.15, -0.1) is 0 Å². The van der Waals surface area contributed by atoms with E-state index in [1.807, 2.05) is 0 Å². The van der Waals surface area contributed by atoms with Gasteiger partial charge >= 0.3 is 6.18 Å². The van der Waals surface area contributed by atoms with Gasteiger partial charge in [0, 0.05) is 6.54 Å². The number of nitrogens with one attached hydrogen (secondary N) is 1. The van der Waals surface area contributed by atoms with E-state index in [1.54, 1.807) is 6.92 Å². The van der Waals surface area contributed by atoms with E-state index in [0.29, 0.717) is 6.42 Å². The van der Waals surface area contributed by atoms with Gasteiger partial charge in [-0.2, -0.15) is 13.2 Å². The Bertz CT molecular complexity index is 557. The minimum atomic E-state index is -4.48. The minimum Gasteiger partial charge on any atom is -0.343 e. The molecule has 114 valence electrons. The predicted octanol–water partition coefficient (Wildman–Crippen LogP) is 1.94. The maximum Gasteiger partial charge on any atom is 0.416 e. The highest BCUT2D eigenvalue weighted by Crippen LogP contribution is 2.32. The highest BCUT2D eigenvalue weighted by atomic mass is 19.4. The lowest BCUT2D eigenvalue weighted by Crippen LogP contribution is -2.57. The highest BCUT2D eigenvalue weighted by molar-refractivity contribution is 5.94. The molecular formula is C14H15F3N2O2. The van der Waals surface area contributed by atoms with Crippen molar-refractivity contribution in [2.24, 2.45) is 0 Å². The monoisotopic (exact) mass is 300 g/mol. The molecule has 1 atom stereocenters. The number of carbonyl (C=O) groups excluding carboxylic acids is 2. The van der Waals surface area contributed by atoms with Crippen LogP contribution < -0.4 is 5.32 Å². The van der Waals surface area contributed by atoms with Gasteiger partial charge in [-0.1, -0.05) is 25.1 Å². The SMILES string of the molecule is CCC1NC(=O)CN(Cc2ccccc2C(F)(F)F)C1=O. The van der Waals surface area contributed by atoms with Crippen LogP contribution in [0, 0.1) is 0 Å². The van der Waals surface area contributed by atoms with Crippen LogP contribution in [0.25, 0.3) is 0 Å². The first-order chi connectivity index (χ1) is 9.82. The van der Waals surface area contributed by atoms with Crippen molar-refractivity contribution in [2.45, 2.75) is 32.1 Å². The Balaban J connectivity index is 2.25. The predicted molar refractivity (Wildman–Crippen MR) is 69.1 cm³/mol. The Kier molecular flexibility index (Phi) is 4.20. The van der Waals surface area contributed by atoms with Gasteiger partial charge in [0.15, 0.2) is 0 Å². The van der Waals surface area contributed by atoms with Crippen molar-refractivity contribution in [3.05, 3.63) is 35.4 Å². The summed E-state index contributed by atoms with van der Waals surface area (Å²) in [5.74, 6) is -0.708. The Morgan fingerprint density at radius 2 is 1.95 bits per heavy atom. The van der Waals surface area contributed by atoms with Crippen molar-refractivity contribution < 1.29 is 22.8 Å². The van der Waals surface area contributed by atoms with Crippen molar-refractivity contribution >= 4 is 11.8 Å². The summed E-state index contributed by atoms with van der Waals surface area (Å²) in [5.41, 5.74) is -0.792. The average Bonchev–Trinajstić information content (AvgIpc) is 2.42. The second kappa shape index (κ2) is 5.75. The number of hydrogen-bond donors (Lipinski definition) is 1. The fraction of sp³-hybridized carbons (Fsp3) is 0.429. The zero-order chi connectivity index (χ0) is 15.6. The summed E-state index contributed by atoms with van der Waals surface area (Å²) in [5, 5.41) is 2.52. The van der Waals surface area contributed by atoms with Crippen LogP contribution in [0.1, 0.15) is 24.5 Å². The van der Waals surface area contributed by atoms with E-state index in [-0.39, 0.29) is 30.5 Å². The summed E-state index contributed by atoms with van der Waals surface area (Å²) in [7, 11) is 0. The molecule has 0 aliphatic carbocycles. The molecule has 1 aromatic rings. The highest BCUT2D eigenvalue weighted by Gasteiger charge is 2.36. The third kappa shape index (κ3) is 3.34. The van der Waals surface area contributed by atoms with Crippen LogP contribution in [-0.2, 0) is 22.3 Å². The maximum atomic E-state index is 12.9. The molecule has 0 radical (unpaired) electrons. The molecule has 1 saturated heterocycles. The van der Waals surface area contributed by atoms with E-state index in [1.165, 1.54) is 18.2 Å². The number of alkyl halides is 3. The number of halogens is 3. The molecule has 21 heavy (non-hydrogen) atoms. The lowest BCUT2D eigenvalue weighted by Gasteiger charge is -2.32. The molecule has 1 aliphatic heterocycles. The average molecular weight is 300 g/mol. The van der Waals surface area contributed by atoms with E-state index in [2.05, 4.69) is 5.32 Å². The molecule has 4 nitrogen and oxygen atoms in total. The molecule has 1 aromatic carbocycles. The van der Waals surface area contributed by atoms with E-state index in [9.17, 15) is 22.8 Å². The summed E-state index contributed by atoms with van der Waals surface area (Å²) in [6.45, 7) is 1.29. The Labute approximate surface area is 119 Å². The fourth-order valence-electron chi connectivity index (χ4n) is 2.32. The Hall–Kier alpha value is -2.05. The number of nitrogens with zero attached hydrogens (tertiary/aromatic N) is 1. The van der Waals surface area contributed by atoms with Crippen LogP contribution in [0.3, 0.4) is 0 Å². The van der Waals surface area contributed by atoms with Gasteiger partial charge in [0.05, 0.1) is 12.1 Å². The molecule has 2 rings (SSSR count). The van der Waals surface area contributed by atoms with Gasteiger partial charge in [0.25, 0.3) is 0 Å². The third-order valence-electron chi connectivity index (χ3n) is 3.37. The van der Waals surface area contributed by atoms with Crippen LogP contribution in [0.4, 0.5) is 13.2 Å². The summed E-state index contributed by atoms with van der Waals surface area (Å²) in [6.07, 6.45) is -4.08. The summed E-state index contributed by atoms with van der Waals surface area (Å²) >= 11 is 0. The zero-order valence-corrected chi connectivity index (χ0v) is 11.4. The molecule has 1 heterocycles. The smallest absolute Gasteiger partial charge is 0.343 e. The second-order valence-electron chi connectivity index (χ2n) is 4.88. The summed E-state index contributed by atoms with van der Waals surface area (Å²) in [4.78, 5) is 24.8. The molecule has 2 amide bonds. The van der Waals surface area contributed by atoms with Gasteiger partial charge < -0.3 is 10.2 Å². The number of rotatable bonds is 3. The summed E-state index contributed by atoms with van der Waals surface area (Å²) in [6, 6.07) is 4.41. The van der Waals surface area contributed by atoms with E-state index in [4.69, 9.17) is 0 Å². The first-order valence-electron chi connectivity index (χ1n) is 6.56. The van der Waals surface area contributed by atoms with Gasteiger partial charge in [-0.05, 0) is 18.1 Å². The maximum absolute atomic E-state index is 12.9. The van der Waals surface area contributed by atoms with E-state index >= 15 is 0 Å². The lowest BCUT2D eigenvalue weighted by atomic mass is 10.0.